The van der Waals surface area contributed by atoms with Crippen LogP contribution < -0.4 is 16.3 Å². The summed E-state index contributed by atoms with van der Waals surface area (Å²) in [7, 11) is 0. The lowest BCUT2D eigenvalue weighted by Gasteiger charge is -2.07. The van der Waals surface area contributed by atoms with Crippen LogP contribution >= 0.6 is 11.6 Å². The van der Waals surface area contributed by atoms with Crippen LogP contribution in [-0.4, -0.2) is 37.6 Å². The molecule has 1 aliphatic rings. The number of tetrazole rings is 1. The predicted octanol–water partition coefficient (Wildman–Crippen LogP) is 1.54. The molecular formula is C20H19ClN6O3. The number of nitrogens with one attached hydrogen (secondary N) is 2. The molecule has 2 amide bonds. The van der Waals surface area contributed by atoms with Crippen LogP contribution in [0, 0.1) is 0 Å². The van der Waals surface area contributed by atoms with Crippen molar-refractivity contribution < 1.29 is 9.59 Å². The number of amides is 2. The molecule has 3 aromatic rings. The quantitative estimate of drug-likeness (QED) is 0.595. The van der Waals surface area contributed by atoms with Crippen molar-refractivity contribution in [1.82, 2.24) is 25.1 Å². The Hall–Kier alpha value is -3.46. The van der Waals surface area contributed by atoms with Crippen LogP contribution in [0.1, 0.15) is 18.4 Å². The molecule has 154 valence electrons. The van der Waals surface area contributed by atoms with Crippen molar-refractivity contribution in [3.63, 3.8) is 0 Å². The molecule has 1 saturated carbocycles. The van der Waals surface area contributed by atoms with Crippen LogP contribution in [0.25, 0.3) is 5.69 Å². The van der Waals surface area contributed by atoms with Gasteiger partial charge in [0.2, 0.25) is 11.8 Å². The molecule has 9 nitrogen and oxygen atoms in total. The number of aromatic nitrogens is 4. The number of carbonyl (C=O) groups excluding carboxylic acids is 2. The first-order valence-electron chi connectivity index (χ1n) is 9.45. The zero-order chi connectivity index (χ0) is 21.1. The molecule has 0 aliphatic heterocycles. The van der Waals surface area contributed by atoms with Crippen LogP contribution in [0.5, 0.6) is 0 Å². The molecule has 2 N–H and O–H groups in total. The highest BCUT2D eigenvalue weighted by Gasteiger charge is 2.24. The number of nitrogens with zero attached hydrogens (tertiary/aromatic N) is 4. The molecule has 1 fully saturated rings. The lowest BCUT2D eigenvalue weighted by atomic mass is 10.1. The van der Waals surface area contributed by atoms with E-state index in [9.17, 15) is 14.4 Å². The van der Waals surface area contributed by atoms with Gasteiger partial charge in [0, 0.05) is 16.8 Å². The maximum absolute atomic E-state index is 12.4. The van der Waals surface area contributed by atoms with Crippen molar-refractivity contribution in [2.45, 2.75) is 31.8 Å². The summed E-state index contributed by atoms with van der Waals surface area (Å²) in [6.07, 6.45) is 2.08. The number of hydrogen-bond acceptors (Lipinski definition) is 5. The van der Waals surface area contributed by atoms with Gasteiger partial charge in [-0.15, -0.1) is 0 Å². The summed E-state index contributed by atoms with van der Waals surface area (Å²) in [6.45, 7) is -0.175. The SMILES string of the molecule is O=C(Cc1ccccc1Cl)Nc1ccc(-n2nnn(CC(=O)NC3CC3)c2=O)cc1. The fraction of sp³-hybridized carbons (Fsp3) is 0.250. The Bertz CT molecular complexity index is 1130. The van der Waals surface area contributed by atoms with Gasteiger partial charge in [-0.05, 0) is 59.2 Å². The fourth-order valence-corrected chi connectivity index (χ4v) is 3.08. The first-order valence-corrected chi connectivity index (χ1v) is 9.83. The van der Waals surface area contributed by atoms with Crippen LogP contribution in [0.3, 0.4) is 0 Å². The van der Waals surface area contributed by atoms with Gasteiger partial charge in [-0.1, -0.05) is 29.8 Å². The topological polar surface area (TPSA) is 111 Å². The minimum absolute atomic E-state index is 0.151. The number of rotatable bonds is 7. The van der Waals surface area contributed by atoms with Crippen LogP contribution in [0.4, 0.5) is 5.69 Å². The average molecular weight is 427 g/mol. The van der Waals surface area contributed by atoms with Crippen molar-refractivity contribution in [1.29, 1.82) is 0 Å². The van der Waals surface area contributed by atoms with Crippen molar-refractivity contribution in [2.75, 3.05) is 5.32 Å². The molecule has 0 unspecified atom stereocenters. The van der Waals surface area contributed by atoms with E-state index in [4.69, 9.17) is 11.6 Å². The maximum atomic E-state index is 12.4. The van der Waals surface area contributed by atoms with Crippen LogP contribution in [0.15, 0.2) is 53.3 Å². The molecule has 1 aromatic heterocycles. The fourth-order valence-electron chi connectivity index (χ4n) is 2.88. The van der Waals surface area contributed by atoms with Gasteiger partial charge in [0.15, 0.2) is 0 Å². The van der Waals surface area contributed by atoms with E-state index in [1.54, 1.807) is 42.5 Å². The van der Waals surface area contributed by atoms with E-state index >= 15 is 0 Å². The zero-order valence-electron chi connectivity index (χ0n) is 15.9. The van der Waals surface area contributed by atoms with Crippen molar-refractivity contribution >= 4 is 29.1 Å². The third-order valence-corrected chi connectivity index (χ3v) is 4.95. The van der Waals surface area contributed by atoms with E-state index in [1.807, 2.05) is 6.07 Å². The Morgan fingerprint density at radius 3 is 2.47 bits per heavy atom. The van der Waals surface area contributed by atoms with Crippen molar-refractivity contribution in [2.24, 2.45) is 0 Å². The first kappa shape index (κ1) is 19.8. The van der Waals surface area contributed by atoms with E-state index in [2.05, 4.69) is 21.1 Å². The molecular weight excluding hydrogens is 408 g/mol. The van der Waals surface area contributed by atoms with Crippen LogP contribution in [0.2, 0.25) is 5.02 Å². The third kappa shape index (κ3) is 4.74. The molecule has 0 bridgehead atoms. The zero-order valence-corrected chi connectivity index (χ0v) is 16.7. The third-order valence-electron chi connectivity index (χ3n) is 4.58. The number of hydrogen-bond donors (Lipinski definition) is 2. The summed E-state index contributed by atoms with van der Waals surface area (Å²) in [4.78, 5) is 36.5. The van der Waals surface area contributed by atoms with E-state index < -0.39 is 5.69 Å². The molecule has 4 rings (SSSR count). The van der Waals surface area contributed by atoms with Crippen molar-refractivity contribution in [3.05, 3.63) is 69.6 Å². The second-order valence-electron chi connectivity index (χ2n) is 7.04. The molecule has 1 heterocycles. The van der Waals surface area contributed by atoms with Gasteiger partial charge >= 0.3 is 5.69 Å². The second kappa shape index (κ2) is 8.50. The smallest absolute Gasteiger partial charge is 0.352 e. The van der Waals surface area contributed by atoms with Gasteiger partial charge in [-0.25, -0.2) is 4.79 Å². The highest BCUT2D eigenvalue weighted by molar-refractivity contribution is 6.31. The molecule has 0 atom stereocenters. The normalized spacial score (nSPS) is 13.1. The van der Waals surface area contributed by atoms with E-state index in [-0.39, 0.29) is 30.8 Å². The van der Waals surface area contributed by atoms with E-state index in [1.165, 1.54) is 0 Å². The Kier molecular flexibility index (Phi) is 5.62. The lowest BCUT2D eigenvalue weighted by molar-refractivity contribution is -0.122. The Morgan fingerprint density at radius 1 is 1.03 bits per heavy atom. The van der Waals surface area contributed by atoms with Gasteiger partial charge in [-0.3, -0.25) is 9.59 Å². The monoisotopic (exact) mass is 426 g/mol. The minimum atomic E-state index is -0.517. The van der Waals surface area contributed by atoms with Crippen molar-refractivity contribution in [3.8, 4) is 5.69 Å². The Morgan fingerprint density at radius 2 is 1.77 bits per heavy atom. The highest BCUT2D eigenvalue weighted by Crippen LogP contribution is 2.18. The second-order valence-corrected chi connectivity index (χ2v) is 7.44. The van der Waals surface area contributed by atoms with Gasteiger partial charge in [0.1, 0.15) is 6.54 Å². The minimum Gasteiger partial charge on any atom is -0.352 e. The molecule has 1 aliphatic carbocycles. The standard InChI is InChI=1S/C20H19ClN6O3/c21-17-4-2-1-3-13(17)11-18(28)22-15-7-9-16(10-8-15)27-20(30)26(24-25-27)12-19(29)23-14-5-6-14/h1-4,7-10,14H,5-6,11-12H2,(H,22,28)(H,23,29). The number of halogens is 1. The molecule has 0 radical (unpaired) electrons. The number of anilines is 1. The van der Waals surface area contributed by atoms with Gasteiger partial charge in [0.25, 0.3) is 0 Å². The Balaban J connectivity index is 1.39. The van der Waals surface area contributed by atoms with E-state index in [0.29, 0.717) is 16.4 Å². The largest absolute Gasteiger partial charge is 0.368 e. The summed E-state index contributed by atoms with van der Waals surface area (Å²) >= 11 is 6.08. The van der Waals surface area contributed by atoms with Crippen LogP contribution in [-0.2, 0) is 22.6 Å². The Labute approximate surface area is 176 Å². The van der Waals surface area contributed by atoms with E-state index in [0.717, 1.165) is 27.8 Å². The summed E-state index contributed by atoms with van der Waals surface area (Å²) in [5, 5.41) is 13.7. The summed E-state index contributed by atoms with van der Waals surface area (Å²) in [5.41, 5.74) is 1.26. The molecule has 0 spiro atoms. The average Bonchev–Trinajstić information content (AvgIpc) is 3.46. The predicted molar refractivity (Wildman–Crippen MR) is 111 cm³/mol. The van der Waals surface area contributed by atoms with Gasteiger partial charge < -0.3 is 10.6 Å². The van der Waals surface area contributed by atoms with Gasteiger partial charge in [0.05, 0.1) is 12.1 Å². The lowest BCUT2D eigenvalue weighted by Crippen LogP contribution is -2.34. The first-order chi connectivity index (χ1) is 14.5. The molecule has 0 saturated heterocycles. The van der Waals surface area contributed by atoms with Gasteiger partial charge in [-0.2, -0.15) is 9.36 Å². The molecule has 10 heteroatoms. The number of benzene rings is 2. The maximum Gasteiger partial charge on any atom is 0.368 e. The summed E-state index contributed by atoms with van der Waals surface area (Å²) in [6, 6.07) is 14.0. The molecule has 30 heavy (non-hydrogen) atoms. The highest BCUT2D eigenvalue weighted by atomic mass is 35.5. The summed E-state index contributed by atoms with van der Waals surface area (Å²) in [5.74, 6) is -0.469. The number of carbonyl (C=O) groups is 2. The summed E-state index contributed by atoms with van der Waals surface area (Å²) < 4.78 is 2.11. The molecule has 2 aromatic carbocycles.